The standard InChI is InChI=1S/C14H15N/c1-4-14-12-8-6-5-7-11(12)13(9-15-14)10(2)3/h5-9H,2,4H2,1,3H3. The molecule has 0 saturated heterocycles. The van der Waals surface area contributed by atoms with Gasteiger partial charge in [-0.1, -0.05) is 37.8 Å². The number of aryl methyl sites for hydroxylation is 1. The Hall–Kier alpha value is -1.63. The summed E-state index contributed by atoms with van der Waals surface area (Å²) in [4.78, 5) is 4.49. The average molecular weight is 197 g/mol. The van der Waals surface area contributed by atoms with Crippen molar-refractivity contribution in [3.8, 4) is 0 Å². The van der Waals surface area contributed by atoms with Crippen molar-refractivity contribution in [3.63, 3.8) is 0 Å². The average Bonchev–Trinajstić information content (AvgIpc) is 2.27. The molecule has 76 valence electrons. The Bertz CT molecular complexity index is 512. The number of hydrogen-bond donors (Lipinski definition) is 0. The largest absolute Gasteiger partial charge is 0.260 e. The first-order valence-corrected chi connectivity index (χ1v) is 5.26. The van der Waals surface area contributed by atoms with E-state index in [1.807, 2.05) is 13.1 Å². The number of aromatic nitrogens is 1. The van der Waals surface area contributed by atoms with Gasteiger partial charge in [0.1, 0.15) is 0 Å². The highest BCUT2D eigenvalue weighted by molar-refractivity contribution is 5.93. The van der Waals surface area contributed by atoms with Crippen molar-refractivity contribution in [2.75, 3.05) is 0 Å². The summed E-state index contributed by atoms with van der Waals surface area (Å²) in [5.41, 5.74) is 3.39. The van der Waals surface area contributed by atoms with E-state index in [0.29, 0.717) is 0 Å². The minimum atomic E-state index is 0.969. The Kier molecular flexibility index (Phi) is 2.55. The molecule has 0 aliphatic heterocycles. The molecule has 0 aliphatic rings. The molecular formula is C14H15N. The molecule has 2 rings (SSSR count). The molecule has 1 nitrogen and oxygen atoms in total. The van der Waals surface area contributed by atoms with Gasteiger partial charge in [-0.2, -0.15) is 0 Å². The smallest absolute Gasteiger partial charge is 0.0479 e. The third-order valence-electron chi connectivity index (χ3n) is 2.67. The normalized spacial score (nSPS) is 10.5. The molecule has 0 aliphatic carbocycles. The fourth-order valence-corrected chi connectivity index (χ4v) is 1.87. The molecule has 0 fully saturated rings. The van der Waals surface area contributed by atoms with E-state index >= 15 is 0 Å². The Morgan fingerprint density at radius 1 is 1.27 bits per heavy atom. The lowest BCUT2D eigenvalue weighted by atomic mass is 10.0. The molecule has 1 aromatic carbocycles. The second kappa shape index (κ2) is 3.85. The van der Waals surface area contributed by atoms with Gasteiger partial charge in [-0.15, -0.1) is 0 Å². The molecule has 2 aromatic rings. The van der Waals surface area contributed by atoms with E-state index in [4.69, 9.17) is 0 Å². The summed E-state index contributed by atoms with van der Waals surface area (Å²) in [6.07, 6.45) is 2.90. The van der Waals surface area contributed by atoms with Crippen LogP contribution in [0.3, 0.4) is 0 Å². The molecule has 1 heterocycles. The number of benzene rings is 1. The number of nitrogens with zero attached hydrogens (tertiary/aromatic N) is 1. The van der Waals surface area contributed by atoms with Gasteiger partial charge in [-0.05, 0) is 24.3 Å². The predicted molar refractivity (Wildman–Crippen MR) is 65.8 cm³/mol. The first kappa shape index (κ1) is 9.91. The van der Waals surface area contributed by atoms with Gasteiger partial charge in [0, 0.05) is 22.8 Å². The van der Waals surface area contributed by atoms with Gasteiger partial charge < -0.3 is 0 Å². The van der Waals surface area contributed by atoms with Crippen LogP contribution in [0.15, 0.2) is 37.0 Å². The van der Waals surface area contributed by atoms with Crippen LogP contribution in [0.4, 0.5) is 0 Å². The second-order valence-corrected chi connectivity index (χ2v) is 3.80. The molecule has 0 saturated carbocycles. The monoisotopic (exact) mass is 197 g/mol. The molecule has 0 atom stereocenters. The Labute approximate surface area is 90.5 Å². The van der Waals surface area contributed by atoms with Gasteiger partial charge in [-0.25, -0.2) is 0 Å². The number of pyridine rings is 1. The van der Waals surface area contributed by atoms with E-state index < -0.39 is 0 Å². The zero-order valence-corrected chi connectivity index (χ0v) is 9.25. The Balaban J connectivity index is 2.83. The van der Waals surface area contributed by atoms with Gasteiger partial charge >= 0.3 is 0 Å². The maximum atomic E-state index is 4.49. The SMILES string of the molecule is C=C(C)c1cnc(CC)c2ccccc12. The van der Waals surface area contributed by atoms with Crippen LogP contribution >= 0.6 is 0 Å². The summed E-state index contributed by atoms with van der Waals surface area (Å²) in [5.74, 6) is 0. The van der Waals surface area contributed by atoms with E-state index in [1.54, 1.807) is 0 Å². The molecule has 0 N–H and O–H groups in total. The molecule has 0 amide bonds. The maximum Gasteiger partial charge on any atom is 0.0479 e. The molecule has 0 spiro atoms. The lowest BCUT2D eigenvalue weighted by Gasteiger charge is -2.08. The van der Waals surface area contributed by atoms with E-state index in [9.17, 15) is 0 Å². The Morgan fingerprint density at radius 2 is 1.93 bits per heavy atom. The van der Waals surface area contributed by atoms with Gasteiger partial charge in [-0.3, -0.25) is 4.98 Å². The first-order valence-electron chi connectivity index (χ1n) is 5.26. The van der Waals surface area contributed by atoms with Crippen LogP contribution in [0.1, 0.15) is 25.1 Å². The molecule has 1 heteroatoms. The zero-order chi connectivity index (χ0) is 10.8. The van der Waals surface area contributed by atoms with Gasteiger partial charge in [0.05, 0.1) is 0 Å². The third kappa shape index (κ3) is 1.65. The lowest BCUT2D eigenvalue weighted by Crippen LogP contribution is -1.92. The second-order valence-electron chi connectivity index (χ2n) is 3.80. The molecular weight excluding hydrogens is 182 g/mol. The van der Waals surface area contributed by atoms with Crippen LogP contribution in [-0.2, 0) is 6.42 Å². The van der Waals surface area contributed by atoms with Crippen molar-refractivity contribution < 1.29 is 0 Å². The lowest BCUT2D eigenvalue weighted by molar-refractivity contribution is 1.06. The van der Waals surface area contributed by atoms with E-state index in [2.05, 4.69) is 42.8 Å². The highest BCUT2D eigenvalue weighted by Crippen LogP contribution is 2.25. The van der Waals surface area contributed by atoms with Gasteiger partial charge in [0.15, 0.2) is 0 Å². The zero-order valence-electron chi connectivity index (χ0n) is 9.25. The van der Waals surface area contributed by atoms with Crippen molar-refractivity contribution in [3.05, 3.63) is 48.3 Å². The van der Waals surface area contributed by atoms with Crippen molar-refractivity contribution in [1.29, 1.82) is 0 Å². The van der Waals surface area contributed by atoms with Crippen LogP contribution in [0.25, 0.3) is 16.3 Å². The van der Waals surface area contributed by atoms with Crippen LogP contribution in [0.5, 0.6) is 0 Å². The van der Waals surface area contributed by atoms with Crippen LogP contribution in [-0.4, -0.2) is 4.98 Å². The van der Waals surface area contributed by atoms with E-state index in [1.165, 1.54) is 10.8 Å². The van der Waals surface area contributed by atoms with Crippen molar-refractivity contribution in [2.24, 2.45) is 0 Å². The van der Waals surface area contributed by atoms with Crippen LogP contribution < -0.4 is 0 Å². The van der Waals surface area contributed by atoms with Crippen molar-refractivity contribution in [1.82, 2.24) is 4.98 Å². The summed E-state index contributed by atoms with van der Waals surface area (Å²) < 4.78 is 0. The summed E-state index contributed by atoms with van der Waals surface area (Å²) in [7, 11) is 0. The van der Waals surface area contributed by atoms with Crippen molar-refractivity contribution in [2.45, 2.75) is 20.3 Å². The molecule has 0 bridgehead atoms. The first-order chi connectivity index (χ1) is 7.24. The van der Waals surface area contributed by atoms with Crippen LogP contribution in [0, 0.1) is 0 Å². The minimum absolute atomic E-state index is 0.969. The third-order valence-corrected chi connectivity index (χ3v) is 2.67. The predicted octanol–water partition coefficient (Wildman–Crippen LogP) is 3.83. The molecule has 0 unspecified atom stereocenters. The number of hydrogen-bond acceptors (Lipinski definition) is 1. The van der Waals surface area contributed by atoms with Crippen LogP contribution in [0.2, 0.25) is 0 Å². The van der Waals surface area contributed by atoms with Gasteiger partial charge in [0.25, 0.3) is 0 Å². The number of fused-ring (bicyclic) bond motifs is 1. The summed E-state index contributed by atoms with van der Waals surface area (Å²) >= 11 is 0. The Morgan fingerprint density at radius 3 is 2.53 bits per heavy atom. The topological polar surface area (TPSA) is 12.9 Å². The highest BCUT2D eigenvalue weighted by atomic mass is 14.7. The maximum absolute atomic E-state index is 4.49. The van der Waals surface area contributed by atoms with E-state index in [0.717, 1.165) is 23.3 Å². The number of rotatable bonds is 2. The summed E-state index contributed by atoms with van der Waals surface area (Å²) in [6.45, 7) is 8.15. The number of allylic oxidation sites excluding steroid dienone is 1. The van der Waals surface area contributed by atoms with Gasteiger partial charge in [0.2, 0.25) is 0 Å². The fourth-order valence-electron chi connectivity index (χ4n) is 1.87. The molecule has 15 heavy (non-hydrogen) atoms. The molecule has 1 aromatic heterocycles. The minimum Gasteiger partial charge on any atom is -0.260 e. The summed E-state index contributed by atoms with van der Waals surface area (Å²) in [5, 5.41) is 2.51. The summed E-state index contributed by atoms with van der Waals surface area (Å²) in [6, 6.07) is 8.40. The molecule has 0 radical (unpaired) electrons. The fraction of sp³-hybridized carbons (Fsp3) is 0.214. The van der Waals surface area contributed by atoms with E-state index in [-0.39, 0.29) is 0 Å². The van der Waals surface area contributed by atoms with Crippen molar-refractivity contribution >= 4 is 16.3 Å². The quantitative estimate of drug-likeness (QED) is 0.713. The highest BCUT2D eigenvalue weighted by Gasteiger charge is 2.05.